The monoisotopic (exact) mass is 437 g/mol. The van der Waals surface area contributed by atoms with Crippen LogP contribution in [0, 0.1) is 5.92 Å². The first kappa shape index (κ1) is 21.8. The lowest BCUT2D eigenvalue weighted by Crippen LogP contribution is -2.51. The highest BCUT2D eigenvalue weighted by Gasteiger charge is 2.47. The van der Waals surface area contributed by atoms with Crippen molar-refractivity contribution in [1.82, 2.24) is 9.55 Å². The number of carbonyl (C=O) groups excluding carboxylic acids is 2. The van der Waals surface area contributed by atoms with Crippen molar-refractivity contribution in [3.8, 4) is 5.75 Å². The molecule has 8 nitrogen and oxygen atoms in total. The molecule has 0 aliphatic carbocycles. The number of amides is 1. The number of aromatic nitrogens is 2. The lowest BCUT2D eigenvalue weighted by Gasteiger charge is -2.37. The molecule has 1 aromatic heterocycles. The van der Waals surface area contributed by atoms with Gasteiger partial charge in [-0.15, -0.1) is 0 Å². The number of anilines is 1. The van der Waals surface area contributed by atoms with Crippen LogP contribution >= 0.6 is 0 Å². The quantitative estimate of drug-likeness (QED) is 0.398. The minimum Gasteiger partial charge on any atom is -0.494 e. The maximum absolute atomic E-state index is 13.7. The summed E-state index contributed by atoms with van der Waals surface area (Å²) in [6.07, 6.45) is 0. The van der Waals surface area contributed by atoms with E-state index in [1.807, 2.05) is 60.0 Å². The second-order valence-electron chi connectivity index (χ2n) is 7.43. The minimum absolute atomic E-state index is 0.184. The molecule has 2 heterocycles. The van der Waals surface area contributed by atoms with E-state index in [1.54, 1.807) is 14.0 Å². The average Bonchev–Trinajstić information content (AvgIpc) is 3.17. The van der Waals surface area contributed by atoms with Crippen molar-refractivity contribution in [1.29, 1.82) is 0 Å². The summed E-state index contributed by atoms with van der Waals surface area (Å²) in [6.45, 7) is 4.93. The predicted octanol–water partition coefficient (Wildman–Crippen LogP) is 3.20. The van der Waals surface area contributed by atoms with Crippen LogP contribution in [0.15, 0.2) is 48.5 Å². The second-order valence-corrected chi connectivity index (χ2v) is 7.43. The first-order chi connectivity index (χ1) is 15.6. The molecule has 3 aromatic rings. The molecule has 32 heavy (non-hydrogen) atoms. The zero-order chi connectivity index (χ0) is 22.7. The summed E-state index contributed by atoms with van der Waals surface area (Å²) in [5.41, 5.74) is 2.35. The smallest absolute Gasteiger partial charge is 0.321 e. The Kier molecular flexibility index (Phi) is 6.41. The molecule has 0 saturated carbocycles. The van der Waals surface area contributed by atoms with Crippen LogP contribution in [0.3, 0.4) is 0 Å². The van der Waals surface area contributed by atoms with Gasteiger partial charge in [0, 0.05) is 7.11 Å². The first-order valence-electron chi connectivity index (χ1n) is 10.8. The molecular formula is C24H27N3O5. The summed E-state index contributed by atoms with van der Waals surface area (Å²) in [6, 6.07) is 14.5. The van der Waals surface area contributed by atoms with E-state index in [4.69, 9.17) is 19.2 Å². The molecule has 8 heteroatoms. The molecule has 0 unspecified atom stereocenters. The highest BCUT2D eigenvalue weighted by atomic mass is 16.5. The number of hydrogen-bond donors (Lipinski definition) is 0. The summed E-state index contributed by atoms with van der Waals surface area (Å²) in [4.78, 5) is 33.1. The Balaban J connectivity index is 1.96. The van der Waals surface area contributed by atoms with E-state index in [9.17, 15) is 9.59 Å². The summed E-state index contributed by atoms with van der Waals surface area (Å²) >= 11 is 0. The third kappa shape index (κ3) is 3.82. The highest BCUT2D eigenvalue weighted by molar-refractivity contribution is 6.08. The largest absolute Gasteiger partial charge is 0.494 e. The standard InChI is InChI=1S/C24H27N3O5/c1-4-31-17-10-8-9-16(15-17)21-20(23(29)32-5-2)22(28)26(13-14-30-3)24-25-18-11-6-7-12-19(18)27(21)24/h6-12,15,20-21H,4-5,13-14H2,1-3H3/t20-,21-/m0/s1. The van der Waals surface area contributed by atoms with Crippen LogP contribution in [0.5, 0.6) is 5.75 Å². The lowest BCUT2D eigenvalue weighted by molar-refractivity contribution is -0.153. The number of nitrogens with zero attached hydrogens (tertiary/aromatic N) is 3. The summed E-state index contributed by atoms with van der Waals surface area (Å²) < 4.78 is 18.2. The number of carbonyl (C=O) groups is 2. The van der Waals surface area contributed by atoms with Crippen molar-refractivity contribution >= 4 is 28.9 Å². The Morgan fingerprint density at radius 2 is 1.91 bits per heavy atom. The van der Waals surface area contributed by atoms with Gasteiger partial charge < -0.3 is 18.8 Å². The van der Waals surface area contributed by atoms with E-state index in [2.05, 4.69) is 0 Å². The lowest BCUT2D eigenvalue weighted by atomic mass is 9.89. The fourth-order valence-electron chi connectivity index (χ4n) is 4.20. The van der Waals surface area contributed by atoms with Gasteiger partial charge in [0.05, 0.1) is 43.4 Å². The SMILES string of the molecule is CCOC(=O)[C@@H]1C(=O)N(CCOC)c2nc3ccccc3n2[C@H]1c1cccc(OCC)c1. The predicted molar refractivity (Wildman–Crippen MR) is 120 cm³/mol. The van der Waals surface area contributed by atoms with Crippen molar-refractivity contribution in [2.75, 3.05) is 38.4 Å². The average molecular weight is 437 g/mol. The topological polar surface area (TPSA) is 82.9 Å². The molecule has 2 aromatic carbocycles. The van der Waals surface area contributed by atoms with Gasteiger partial charge in [0.15, 0.2) is 5.92 Å². The molecule has 0 radical (unpaired) electrons. The third-order valence-electron chi connectivity index (χ3n) is 5.51. The van der Waals surface area contributed by atoms with Crippen LogP contribution < -0.4 is 9.64 Å². The normalized spacial score (nSPS) is 18.0. The van der Waals surface area contributed by atoms with Crippen molar-refractivity contribution in [3.05, 3.63) is 54.1 Å². The third-order valence-corrected chi connectivity index (χ3v) is 5.51. The van der Waals surface area contributed by atoms with Crippen LogP contribution in [-0.2, 0) is 19.1 Å². The Morgan fingerprint density at radius 3 is 2.66 bits per heavy atom. The number of esters is 1. The molecule has 1 amide bonds. The van der Waals surface area contributed by atoms with Gasteiger partial charge >= 0.3 is 5.97 Å². The summed E-state index contributed by atoms with van der Waals surface area (Å²) in [5.74, 6) is -0.812. The number of imidazole rings is 1. The maximum atomic E-state index is 13.7. The molecule has 168 valence electrons. The van der Waals surface area contributed by atoms with Crippen LogP contribution in [-0.4, -0.2) is 54.9 Å². The van der Waals surface area contributed by atoms with Gasteiger partial charge in [-0.3, -0.25) is 14.5 Å². The van der Waals surface area contributed by atoms with Gasteiger partial charge in [0.25, 0.3) is 0 Å². The molecule has 2 atom stereocenters. The minimum atomic E-state index is -1.06. The molecule has 1 aliphatic rings. The van der Waals surface area contributed by atoms with Crippen LogP contribution in [0.2, 0.25) is 0 Å². The molecule has 0 N–H and O–H groups in total. The maximum Gasteiger partial charge on any atom is 0.321 e. The Hall–Kier alpha value is -3.39. The van der Waals surface area contributed by atoms with Gasteiger partial charge in [-0.1, -0.05) is 24.3 Å². The number of benzene rings is 2. The van der Waals surface area contributed by atoms with Gasteiger partial charge in [-0.2, -0.15) is 0 Å². The molecule has 0 bridgehead atoms. The number of fused-ring (bicyclic) bond motifs is 3. The van der Waals surface area contributed by atoms with Crippen molar-refractivity contribution in [2.45, 2.75) is 19.9 Å². The fourth-order valence-corrected chi connectivity index (χ4v) is 4.20. The zero-order valence-corrected chi connectivity index (χ0v) is 18.5. The molecule has 0 spiro atoms. The molecule has 4 rings (SSSR count). The number of methoxy groups -OCH3 is 1. The number of ether oxygens (including phenoxy) is 3. The zero-order valence-electron chi connectivity index (χ0n) is 18.5. The molecular weight excluding hydrogens is 410 g/mol. The summed E-state index contributed by atoms with van der Waals surface area (Å²) in [5, 5.41) is 0. The molecule has 0 fully saturated rings. The Bertz CT molecular complexity index is 1130. The fraction of sp³-hybridized carbons (Fsp3) is 0.375. The molecule has 1 aliphatic heterocycles. The van der Waals surface area contributed by atoms with E-state index in [-0.39, 0.29) is 19.1 Å². The van der Waals surface area contributed by atoms with Gasteiger partial charge in [-0.25, -0.2) is 4.98 Å². The van der Waals surface area contributed by atoms with Gasteiger partial charge in [0.2, 0.25) is 11.9 Å². The first-order valence-corrected chi connectivity index (χ1v) is 10.8. The van der Waals surface area contributed by atoms with E-state index < -0.39 is 17.9 Å². The van der Waals surface area contributed by atoms with Crippen LogP contribution in [0.1, 0.15) is 25.5 Å². The van der Waals surface area contributed by atoms with Crippen molar-refractivity contribution in [3.63, 3.8) is 0 Å². The molecule has 0 saturated heterocycles. The van der Waals surface area contributed by atoms with Crippen LogP contribution in [0.25, 0.3) is 11.0 Å². The number of para-hydroxylation sites is 2. The highest BCUT2D eigenvalue weighted by Crippen LogP contribution is 2.41. The Labute approximate surface area is 186 Å². The summed E-state index contributed by atoms with van der Waals surface area (Å²) in [7, 11) is 1.57. The van der Waals surface area contributed by atoms with E-state index in [0.717, 1.165) is 16.6 Å². The number of rotatable bonds is 8. The van der Waals surface area contributed by atoms with Crippen molar-refractivity contribution in [2.24, 2.45) is 5.92 Å². The van der Waals surface area contributed by atoms with E-state index in [0.29, 0.717) is 24.9 Å². The van der Waals surface area contributed by atoms with Gasteiger partial charge in [-0.05, 0) is 43.7 Å². The van der Waals surface area contributed by atoms with Crippen LogP contribution in [0.4, 0.5) is 5.95 Å². The Morgan fingerprint density at radius 1 is 1.09 bits per heavy atom. The van der Waals surface area contributed by atoms with E-state index in [1.165, 1.54) is 4.90 Å². The number of hydrogen-bond acceptors (Lipinski definition) is 6. The van der Waals surface area contributed by atoms with Gasteiger partial charge in [0.1, 0.15) is 5.75 Å². The second kappa shape index (κ2) is 9.40. The van der Waals surface area contributed by atoms with Crippen molar-refractivity contribution < 1.29 is 23.8 Å². The van der Waals surface area contributed by atoms with E-state index >= 15 is 0 Å².